The Labute approximate surface area is 136 Å². The fourth-order valence-corrected chi connectivity index (χ4v) is 2.23. The molecule has 1 unspecified atom stereocenters. The molecule has 0 aliphatic rings. The number of rotatable bonds is 9. The molecule has 2 N–H and O–H groups in total. The first-order valence-electron chi connectivity index (χ1n) is 7.53. The molecule has 1 atom stereocenters. The molecule has 0 saturated heterocycles. The Morgan fingerprint density at radius 1 is 1.05 bits per heavy atom. The quantitative estimate of drug-likeness (QED) is 0.547. The first kappa shape index (κ1) is 16.7. The van der Waals surface area contributed by atoms with Gasteiger partial charge < -0.3 is 15.2 Å². The zero-order chi connectivity index (χ0) is 15.6. The molecule has 0 aliphatic heterocycles. The summed E-state index contributed by atoms with van der Waals surface area (Å²) in [6.07, 6.45) is 1.40. The summed E-state index contributed by atoms with van der Waals surface area (Å²) in [5.41, 5.74) is 2.20. The Kier molecular flexibility index (Phi) is 7.07. The predicted octanol–water partition coefficient (Wildman–Crippen LogP) is 3.71. The summed E-state index contributed by atoms with van der Waals surface area (Å²) in [6.45, 7) is 1.07. The van der Waals surface area contributed by atoms with Gasteiger partial charge in [-0.05, 0) is 30.5 Å². The molecule has 2 rings (SSSR count). The minimum atomic E-state index is -0.562. The topological polar surface area (TPSA) is 41.5 Å². The Bertz CT molecular complexity index is 548. The van der Waals surface area contributed by atoms with Gasteiger partial charge in [0.25, 0.3) is 0 Å². The SMILES string of the molecule is OC(CCl)CNc1ccccc1OCCCc1ccccc1. The van der Waals surface area contributed by atoms with Gasteiger partial charge in [-0.25, -0.2) is 0 Å². The lowest BCUT2D eigenvalue weighted by Gasteiger charge is -2.14. The Morgan fingerprint density at radius 3 is 2.55 bits per heavy atom. The van der Waals surface area contributed by atoms with Gasteiger partial charge >= 0.3 is 0 Å². The number of halogens is 1. The maximum Gasteiger partial charge on any atom is 0.142 e. The Hall–Kier alpha value is -1.71. The fraction of sp³-hybridized carbons (Fsp3) is 0.333. The van der Waals surface area contributed by atoms with Gasteiger partial charge in [-0.1, -0.05) is 42.5 Å². The molecule has 0 aliphatic carbocycles. The maximum absolute atomic E-state index is 9.52. The number of anilines is 1. The van der Waals surface area contributed by atoms with Crippen LogP contribution in [0.2, 0.25) is 0 Å². The number of aryl methyl sites for hydroxylation is 1. The van der Waals surface area contributed by atoms with Crippen LogP contribution in [0.1, 0.15) is 12.0 Å². The summed E-state index contributed by atoms with van der Waals surface area (Å²) >= 11 is 5.60. The summed E-state index contributed by atoms with van der Waals surface area (Å²) < 4.78 is 5.85. The molecular weight excluding hydrogens is 298 g/mol. The van der Waals surface area contributed by atoms with Crippen molar-refractivity contribution in [3.05, 3.63) is 60.2 Å². The van der Waals surface area contributed by atoms with Gasteiger partial charge in [0.15, 0.2) is 0 Å². The third kappa shape index (κ3) is 5.58. The fourth-order valence-electron chi connectivity index (χ4n) is 2.12. The van der Waals surface area contributed by atoms with E-state index in [0.29, 0.717) is 13.2 Å². The third-order valence-electron chi connectivity index (χ3n) is 3.30. The van der Waals surface area contributed by atoms with Gasteiger partial charge in [-0.3, -0.25) is 0 Å². The summed E-state index contributed by atoms with van der Waals surface area (Å²) in [5, 5.41) is 12.7. The molecule has 0 radical (unpaired) electrons. The highest BCUT2D eigenvalue weighted by Crippen LogP contribution is 2.24. The molecule has 0 fully saturated rings. The summed E-state index contributed by atoms with van der Waals surface area (Å²) in [6, 6.07) is 18.1. The second-order valence-electron chi connectivity index (χ2n) is 5.12. The molecule has 0 spiro atoms. The number of alkyl halides is 1. The van der Waals surface area contributed by atoms with Crippen molar-refractivity contribution in [2.24, 2.45) is 0 Å². The monoisotopic (exact) mass is 319 g/mol. The van der Waals surface area contributed by atoms with E-state index in [-0.39, 0.29) is 5.88 Å². The third-order valence-corrected chi connectivity index (χ3v) is 3.66. The summed E-state index contributed by atoms with van der Waals surface area (Å²) in [4.78, 5) is 0. The first-order valence-corrected chi connectivity index (χ1v) is 8.06. The summed E-state index contributed by atoms with van der Waals surface area (Å²) in [5.74, 6) is 1.02. The van der Waals surface area contributed by atoms with Gasteiger partial charge in [-0.15, -0.1) is 11.6 Å². The molecule has 0 amide bonds. The van der Waals surface area contributed by atoms with Crippen molar-refractivity contribution in [1.82, 2.24) is 0 Å². The van der Waals surface area contributed by atoms with Crippen LogP contribution in [0.25, 0.3) is 0 Å². The van der Waals surface area contributed by atoms with Gasteiger partial charge in [0.05, 0.1) is 24.3 Å². The van der Waals surface area contributed by atoms with Crippen LogP contribution in [0.4, 0.5) is 5.69 Å². The smallest absolute Gasteiger partial charge is 0.142 e. The molecule has 22 heavy (non-hydrogen) atoms. The van der Waals surface area contributed by atoms with Gasteiger partial charge in [0, 0.05) is 6.54 Å². The van der Waals surface area contributed by atoms with E-state index in [9.17, 15) is 5.11 Å². The van der Waals surface area contributed by atoms with Crippen LogP contribution < -0.4 is 10.1 Å². The van der Waals surface area contributed by atoms with Crippen molar-refractivity contribution in [1.29, 1.82) is 0 Å². The molecular formula is C18H22ClNO2. The lowest BCUT2D eigenvalue weighted by molar-refractivity contribution is 0.211. The number of para-hydroxylation sites is 2. The second-order valence-corrected chi connectivity index (χ2v) is 5.43. The zero-order valence-electron chi connectivity index (χ0n) is 12.5. The number of aliphatic hydroxyl groups is 1. The van der Waals surface area contributed by atoms with Crippen LogP contribution in [0.5, 0.6) is 5.75 Å². The van der Waals surface area contributed by atoms with Crippen molar-refractivity contribution in [3.8, 4) is 5.75 Å². The van der Waals surface area contributed by atoms with E-state index in [4.69, 9.17) is 16.3 Å². The van der Waals surface area contributed by atoms with Crippen molar-refractivity contribution in [3.63, 3.8) is 0 Å². The van der Waals surface area contributed by atoms with E-state index in [2.05, 4.69) is 29.6 Å². The molecule has 0 heterocycles. The number of ether oxygens (including phenoxy) is 1. The van der Waals surface area contributed by atoms with Gasteiger partial charge in [0.2, 0.25) is 0 Å². The first-order chi connectivity index (χ1) is 10.8. The minimum absolute atomic E-state index is 0.215. The normalized spacial score (nSPS) is 11.9. The largest absolute Gasteiger partial charge is 0.491 e. The van der Waals surface area contributed by atoms with E-state index >= 15 is 0 Å². The Balaban J connectivity index is 1.79. The molecule has 118 valence electrons. The molecule has 0 bridgehead atoms. The highest BCUT2D eigenvalue weighted by Gasteiger charge is 2.06. The average molecular weight is 320 g/mol. The average Bonchev–Trinajstić information content (AvgIpc) is 2.58. The van der Waals surface area contributed by atoms with Crippen LogP contribution in [-0.2, 0) is 6.42 Å². The molecule has 0 saturated carbocycles. The van der Waals surface area contributed by atoms with Gasteiger partial charge in [0.1, 0.15) is 5.75 Å². The molecule has 2 aromatic rings. The predicted molar refractivity (Wildman–Crippen MR) is 91.9 cm³/mol. The van der Waals surface area contributed by atoms with Crippen molar-refractivity contribution >= 4 is 17.3 Å². The van der Waals surface area contributed by atoms with Crippen LogP contribution >= 0.6 is 11.6 Å². The summed E-state index contributed by atoms with van der Waals surface area (Å²) in [7, 11) is 0. The van der Waals surface area contributed by atoms with E-state index in [1.165, 1.54) is 5.56 Å². The zero-order valence-corrected chi connectivity index (χ0v) is 13.3. The lowest BCUT2D eigenvalue weighted by atomic mass is 10.1. The molecule has 3 nitrogen and oxygen atoms in total. The van der Waals surface area contributed by atoms with E-state index < -0.39 is 6.10 Å². The van der Waals surface area contributed by atoms with E-state index in [0.717, 1.165) is 24.3 Å². The molecule has 2 aromatic carbocycles. The number of hydrogen-bond acceptors (Lipinski definition) is 3. The maximum atomic E-state index is 9.52. The van der Waals surface area contributed by atoms with Crippen molar-refractivity contribution < 1.29 is 9.84 Å². The lowest BCUT2D eigenvalue weighted by Crippen LogP contribution is -2.21. The van der Waals surface area contributed by atoms with Crippen LogP contribution in [0.15, 0.2) is 54.6 Å². The van der Waals surface area contributed by atoms with Crippen LogP contribution in [0.3, 0.4) is 0 Å². The highest BCUT2D eigenvalue weighted by molar-refractivity contribution is 6.18. The number of benzene rings is 2. The number of nitrogens with one attached hydrogen (secondary N) is 1. The molecule has 4 heteroatoms. The van der Waals surface area contributed by atoms with Crippen molar-refractivity contribution in [2.75, 3.05) is 24.3 Å². The number of hydrogen-bond donors (Lipinski definition) is 2. The standard InChI is InChI=1S/C18H22ClNO2/c19-13-16(21)14-20-17-10-4-5-11-18(17)22-12-6-9-15-7-2-1-3-8-15/h1-5,7-8,10-11,16,20-21H,6,9,12-14H2. The Morgan fingerprint density at radius 2 is 1.77 bits per heavy atom. The molecule has 0 aromatic heterocycles. The van der Waals surface area contributed by atoms with Crippen LogP contribution in [-0.4, -0.2) is 30.2 Å². The minimum Gasteiger partial charge on any atom is -0.491 e. The second kappa shape index (κ2) is 9.34. The van der Waals surface area contributed by atoms with Crippen LogP contribution in [0, 0.1) is 0 Å². The van der Waals surface area contributed by atoms with Crippen molar-refractivity contribution in [2.45, 2.75) is 18.9 Å². The number of aliphatic hydroxyl groups excluding tert-OH is 1. The van der Waals surface area contributed by atoms with E-state index in [1.54, 1.807) is 0 Å². The van der Waals surface area contributed by atoms with E-state index in [1.807, 2.05) is 30.3 Å². The highest BCUT2D eigenvalue weighted by atomic mass is 35.5. The van der Waals surface area contributed by atoms with Gasteiger partial charge in [-0.2, -0.15) is 0 Å².